The van der Waals surface area contributed by atoms with Gasteiger partial charge in [0, 0.05) is 13.6 Å². The molecule has 0 aliphatic carbocycles. The number of carbonyl (C=O) groups is 2. The van der Waals surface area contributed by atoms with Crippen LogP contribution in [0.5, 0.6) is 0 Å². The van der Waals surface area contributed by atoms with Crippen LogP contribution in [0.4, 0.5) is 4.79 Å². The molecule has 4 rings (SSSR count). The lowest BCUT2D eigenvalue weighted by atomic mass is 9.76. The Bertz CT molecular complexity index is 1220. The number of hydrogen-bond acceptors (Lipinski definition) is 4. The van der Waals surface area contributed by atoms with Crippen LogP contribution in [0.1, 0.15) is 35.1 Å². The monoisotopic (exact) mass is 522 g/mol. The summed E-state index contributed by atoms with van der Waals surface area (Å²) in [7, 11) is 1.67. The van der Waals surface area contributed by atoms with Crippen molar-refractivity contribution in [2.24, 2.45) is 0 Å². The maximum absolute atomic E-state index is 12.6. The summed E-state index contributed by atoms with van der Waals surface area (Å²) in [5, 5.41) is 13.8. The van der Waals surface area contributed by atoms with Crippen LogP contribution < -0.4 is 5.32 Å². The highest BCUT2D eigenvalue weighted by Gasteiger charge is 2.39. The zero-order chi connectivity index (χ0) is 27.5. The number of hydrogen-bond donors (Lipinski definition) is 2. The summed E-state index contributed by atoms with van der Waals surface area (Å²) in [5.41, 5.74) is 2.84. The van der Waals surface area contributed by atoms with E-state index in [0.717, 1.165) is 22.3 Å². The minimum Gasteiger partial charge on any atom is -0.480 e. The van der Waals surface area contributed by atoms with Crippen LogP contribution >= 0.6 is 0 Å². The molecule has 0 bridgehead atoms. The van der Waals surface area contributed by atoms with Crippen LogP contribution in [0.2, 0.25) is 0 Å². The van der Waals surface area contributed by atoms with Crippen LogP contribution in [-0.4, -0.2) is 41.7 Å². The molecule has 0 fully saturated rings. The van der Waals surface area contributed by atoms with E-state index < -0.39 is 23.6 Å². The first-order chi connectivity index (χ1) is 19.0. The van der Waals surface area contributed by atoms with E-state index in [1.54, 1.807) is 7.05 Å². The fraction of sp³-hybridized carbons (Fsp3) is 0.212. The second-order valence-corrected chi connectivity index (χ2v) is 9.49. The lowest BCUT2D eigenvalue weighted by molar-refractivity contribution is -0.140. The van der Waals surface area contributed by atoms with Crippen molar-refractivity contribution in [1.29, 1.82) is 0 Å². The highest BCUT2D eigenvalue weighted by molar-refractivity contribution is 5.74. The smallest absolute Gasteiger partial charge is 0.409 e. The van der Waals surface area contributed by atoms with Gasteiger partial charge in [-0.15, -0.1) is 0 Å². The zero-order valence-electron chi connectivity index (χ0n) is 22.1. The highest BCUT2D eigenvalue weighted by Crippen LogP contribution is 2.37. The number of carboxylic acids is 1. The Hall–Kier alpha value is -4.42. The largest absolute Gasteiger partial charge is 0.480 e. The van der Waals surface area contributed by atoms with E-state index in [2.05, 4.69) is 5.32 Å². The van der Waals surface area contributed by atoms with Gasteiger partial charge < -0.3 is 14.7 Å². The molecule has 0 spiro atoms. The number of ether oxygens (including phenoxy) is 1. The van der Waals surface area contributed by atoms with Gasteiger partial charge in [0.25, 0.3) is 0 Å². The van der Waals surface area contributed by atoms with E-state index >= 15 is 0 Å². The number of aliphatic carboxylic acids is 1. The molecule has 0 saturated heterocycles. The number of nitrogens with one attached hydrogen (secondary N) is 1. The van der Waals surface area contributed by atoms with E-state index in [-0.39, 0.29) is 6.61 Å². The van der Waals surface area contributed by atoms with Crippen molar-refractivity contribution >= 4 is 12.1 Å². The first-order valence-corrected chi connectivity index (χ1v) is 13.1. The third kappa shape index (κ3) is 6.92. The van der Waals surface area contributed by atoms with Crippen molar-refractivity contribution in [3.63, 3.8) is 0 Å². The van der Waals surface area contributed by atoms with E-state index in [9.17, 15) is 14.7 Å². The first-order valence-electron chi connectivity index (χ1n) is 13.1. The van der Waals surface area contributed by atoms with Crippen LogP contribution in [0, 0.1) is 0 Å². The number of nitrogens with zero attached hydrogens (tertiary/aromatic N) is 1. The lowest BCUT2D eigenvalue weighted by Crippen LogP contribution is -2.52. The Labute approximate surface area is 229 Å². The summed E-state index contributed by atoms with van der Waals surface area (Å²) >= 11 is 0. The Balaban J connectivity index is 1.53. The van der Waals surface area contributed by atoms with E-state index in [0.29, 0.717) is 19.4 Å². The molecule has 200 valence electrons. The second kappa shape index (κ2) is 13.4. The molecule has 0 radical (unpaired) electrons. The lowest BCUT2D eigenvalue weighted by Gasteiger charge is -2.39. The second-order valence-electron chi connectivity index (χ2n) is 9.49. The summed E-state index contributed by atoms with van der Waals surface area (Å²) in [6.07, 6.45) is 0.362. The quantitative estimate of drug-likeness (QED) is 0.221. The minimum atomic E-state index is -0.948. The third-order valence-electron chi connectivity index (χ3n) is 6.81. The number of benzene rings is 4. The summed E-state index contributed by atoms with van der Waals surface area (Å²) in [4.78, 5) is 26.5. The minimum absolute atomic E-state index is 0.192. The average molecular weight is 523 g/mol. The first kappa shape index (κ1) is 27.6. The number of carbonyl (C=O) groups excluding carboxylic acids is 1. The molecule has 6 heteroatoms. The van der Waals surface area contributed by atoms with Gasteiger partial charge in [-0.2, -0.15) is 0 Å². The van der Waals surface area contributed by atoms with Gasteiger partial charge in [0.05, 0.1) is 5.54 Å². The molecule has 0 heterocycles. The Kier molecular flexibility index (Phi) is 9.48. The predicted octanol–water partition coefficient (Wildman–Crippen LogP) is 6.07. The standard InChI is InChI=1S/C33H34N2O4/c1-35(32(38)39-25-26-15-6-2-7-16-26)24-14-23-30(31(36)37)34-33(27-17-8-3-9-18-27,28-19-10-4-11-20-28)29-21-12-5-13-22-29/h2-13,15-22,30,34H,14,23-25H2,1H3,(H,36,37)/t30-/m0/s1. The average Bonchev–Trinajstić information content (AvgIpc) is 2.99. The maximum atomic E-state index is 12.6. The molecule has 1 amide bonds. The Morgan fingerprint density at radius 3 is 1.64 bits per heavy atom. The van der Waals surface area contributed by atoms with Crippen molar-refractivity contribution < 1.29 is 19.4 Å². The fourth-order valence-electron chi connectivity index (χ4n) is 4.79. The van der Waals surface area contributed by atoms with Crippen LogP contribution in [0.3, 0.4) is 0 Å². The van der Waals surface area contributed by atoms with Crippen molar-refractivity contribution in [3.05, 3.63) is 144 Å². The predicted molar refractivity (Wildman–Crippen MR) is 152 cm³/mol. The Morgan fingerprint density at radius 2 is 1.21 bits per heavy atom. The van der Waals surface area contributed by atoms with Crippen molar-refractivity contribution in [3.8, 4) is 0 Å². The van der Waals surface area contributed by atoms with E-state index in [1.165, 1.54) is 4.90 Å². The summed E-state index contributed by atoms with van der Waals surface area (Å²) < 4.78 is 5.40. The molecule has 4 aromatic carbocycles. The molecule has 4 aromatic rings. The topological polar surface area (TPSA) is 78.9 Å². The highest BCUT2D eigenvalue weighted by atomic mass is 16.6. The number of amides is 1. The molecule has 1 atom stereocenters. The molecule has 6 nitrogen and oxygen atoms in total. The van der Waals surface area contributed by atoms with E-state index in [4.69, 9.17) is 4.74 Å². The summed E-state index contributed by atoms with van der Waals surface area (Å²) in [5.74, 6) is -0.948. The van der Waals surface area contributed by atoms with Gasteiger partial charge in [-0.3, -0.25) is 10.1 Å². The maximum Gasteiger partial charge on any atom is 0.409 e. The van der Waals surface area contributed by atoms with Crippen molar-refractivity contribution in [2.45, 2.75) is 31.0 Å². The summed E-state index contributed by atoms with van der Waals surface area (Å²) in [6, 6.07) is 38.3. The van der Waals surface area contributed by atoms with Crippen LogP contribution in [-0.2, 0) is 21.7 Å². The van der Waals surface area contributed by atoms with Crippen LogP contribution in [0.25, 0.3) is 0 Å². The van der Waals surface area contributed by atoms with Gasteiger partial charge in [-0.05, 0) is 35.1 Å². The van der Waals surface area contributed by atoms with E-state index in [1.807, 2.05) is 121 Å². The molecule has 0 aliphatic rings. The van der Waals surface area contributed by atoms with Gasteiger partial charge in [-0.1, -0.05) is 121 Å². The van der Waals surface area contributed by atoms with Gasteiger partial charge in [0.15, 0.2) is 0 Å². The van der Waals surface area contributed by atoms with Crippen molar-refractivity contribution in [2.75, 3.05) is 13.6 Å². The third-order valence-corrected chi connectivity index (χ3v) is 6.81. The zero-order valence-corrected chi connectivity index (χ0v) is 22.1. The van der Waals surface area contributed by atoms with Gasteiger partial charge in [0.2, 0.25) is 0 Å². The molecule has 2 N–H and O–H groups in total. The van der Waals surface area contributed by atoms with Gasteiger partial charge >= 0.3 is 12.1 Å². The normalized spacial score (nSPS) is 11.9. The van der Waals surface area contributed by atoms with Crippen molar-refractivity contribution in [1.82, 2.24) is 10.2 Å². The molecule has 0 unspecified atom stereocenters. The van der Waals surface area contributed by atoms with Crippen LogP contribution in [0.15, 0.2) is 121 Å². The molecule has 0 saturated carbocycles. The molecule has 39 heavy (non-hydrogen) atoms. The fourth-order valence-corrected chi connectivity index (χ4v) is 4.79. The molecule has 0 aromatic heterocycles. The molecular formula is C33H34N2O4. The van der Waals surface area contributed by atoms with Gasteiger partial charge in [0.1, 0.15) is 12.6 Å². The molecule has 0 aliphatic heterocycles. The SMILES string of the molecule is CN(CCC[C@H](NC(c1ccccc1)(c1ccccc1)c1ccccc1)C(=O)O)C(=O)OCc1ccccc1. The number of rotatable bonds is 12. The van der Waals surface area contributed by atoms with Gasteiger partial charge in [-0.25, -0.2) is 4.79 Å². The summed E-state index contributed by atoms with van der Waals surface area (Å²) in [6.45, 7) is 0.561. The Morgan fingerprint density at radius 1 is 0.769 bits per heavy atom. The molecular weight excluding hydrogens is 488 g/mol. The number of carboxylic acid groups (broad SMARTS) is 1.